The van der Waals surface area contributed by atoms with Crippen LogP contribution in [-0.4, -0.2) is 37.9 Å². The van der Waals surface area contributed by atoms with Crippen LogP contribution in [0.1, 0.15) is 59.8 Å². The fraction of sp³-hybridized carbons (Fsp3) is 0.826. The van der Waals surface area contributed by atoms with Crippen molar-refractivity contribution in [3.05, 3.63) is 12.2 Å². The molecule has 0 N–H and O–H groups in total. The Kier molecular flexibility index (Phi) is 4.41. The highest BCUT2D eigenvalue weighted by molar-refractivity contribution is 5.93. The maximum absolute atomic E-state index is 13.3. The van der Waals surface area contributed by atoms with E-state index in [1.54, 1.807) is 14.2 Å². The first-order chi connectivity index (χ1) is 13.1. The first-order valence-electron chi connectivity index (χ1n) is 10.6. The standard InChI is InChI=1S/C23H34O5/c1-14(24)28-16-13-22-11-8-15(19(25)23(22,26-5)27-6)12-17(22)21(4)10-7-9-20(2,3)18(16)21/h8,11,15-18H,7,9-10,12-13H2,1-6H3/t15-,16?,17+,18-,21+,22-/m1/s1. The number of fused-ring (bicyclic) bond motifs is 2. The Bertz CT molecular complexity index is 721. The number of ether oxygens (including phenoxy) is 3. The lowest BCUT2D eigenvalue weighted by Gasteiger charge is -2.70. The summed E-state index contributed by atoms with van der Waals surface area (Å²) in [4.78, 5) is 25.4. The quantitative estimate of drug-likeness (QED) is 0.415. The molecule has 0 aromatic carbocycles. The number of methoxy groups -OCH3 is 2. The number of rotatable bonds is 3. The molecule has 0 aromatic heterocycles. The minimum atomic E-state index is -1.30. The number of ketones is 1. The number of hydrogen-bond donors (Lipinski definition) is 0. The summed E-state index contributed by atoms with van der Waals surface area (Å²) in [5.74, 6) is -1.21. The van der Waals surface area contributed by atoms with Gasteiger partial charge in [-0.2, -0.15) is 0 Å². The SMILES string of the molecule is COC1(OC)C(=O)[C@@H]2C=C[C@]13CC(OC(C)=O)[C@@H]1C(C)(C)CCC[C@@]1(C)[C@@H]3C2. The number of hydrogen-bond acceptors (Lipinski definition) is 5. The Labute approximate surface area is 168 Å². The normalized spacial score (nSPS) is 45.3. The molecule has 1 unspecified atom stereocenters. The molecule has 0 aromatic rings. The van der Waals surface area contributed by atoms with Crippen LogP contribution in [-0.2, 0) is 23.8 Å². The van der Waals surface area contributed by atoms with E-state index in [2.05, 4.69) is 26.8 Å². The summed E-state index contributed by atoms with van der Waals surface area (Å²) in [7, 11) is 3.14. The lowest BCUT2D eigenvalue weighted by atomic mass is 9.36. The lowest BCUT2D eigenvalue weighted by molar-refractivity contribution is -0.317. The molecule has 3 saturated carbocycles. The molecule has 1 spiro atoms. The zero-order valence-corrected chi connectivity index (χ0v) is 18.0. The van der Waals surface area contributed by atoms with Crippen molar-refractivity contribution in [3.63, 3.8) is 0 Å². The number of allylic oxidation sites excluding steroid dienone is 1. The molecule has 6 atom stereocenters. The molecular formula is C23H34O5. The van der Waals surface area contributed by atoms with Crippen molar-refractivity contribution in [3.8, 4) is 0 Å². The Morgan fingerprint density at radius 1 is 1.14 bits per heavy atom. The van der Waals surface area contributed by atoms with Gasteiger partial charge < -0.3 is 14.2 Å². The maximum atomic E-state index is 13.3. The van der Waals surface area contributed by atoms with Crippen LogP contribution in [0.5, 0.6) is 0 Å². The summed E-state index contributed by atoms with van der Waals surface area (Å²) in [6, 6.07) is 0. The van der Waals surface area contributed by atoms with E-state index in [9.17, 15) is 9.59 Å². The molecule has 156 valence electrons. The molecule has 0 saturated heterocycles. The zero-order chi connectivity index (χ0) is 20.5. The van der Waals surface area contributed by atoms with Gasteiger partial charge in [-0.05, 0) is 42.4 Å². The Hall–Kier alpha value is -1.20. The van der Waals surface area contributed by atoms with E-state index in [1.807, 2.05) is 6.08 Å². The van der Waals surface area contributed by atoms with Crippen LogP contribution in [0.2, 0.25) is 0 Å². The van der Waals surface area contributed by atoms with Crippen LogP contribution in [0.4, 0.5) is 0 Å². The summed E-state index contributed by atoms with van der Waals surface area (Å²) < 4.78 is 17.8. The van der Waals surface area contributed by atoms with Crippen molar-refractivity contribution in [2.24, 2.45) is 34.0 Å². The topological polar surface area (TPSA) is 61.8 Å². The molecular weight excluding hydrogens is 356 g/mol. The highest BCUT2D eigenvalue weighted by Crippen LogP contribution is 2.72. The molecule has 5 heteroatoms. The fourth-order valence-corrected chi connectivity index (χ4v) is 8.04. The van der Waals surface area contributed by atoms with E-state index >= 15 is 0 Å². The monoisotopic (exact) mass is 390 g/mol. The average Bonchev–Trinajstić information content (AvgIpc) is 2.60. The first-order valence-corrected chi connectivity index (χ1v) is 10.6. The number of carbonyl (C=O) groups excluding carboxylic acids is 2. The summed E-state index contributed by atoms with van der Waals surface area (Å²) in [6.45, 7) is 8.46. The summed E-state index contributed by atoms with van der Waals surface area (Å²) in [6.07, 6.45) is 8.70. The smallest absolute Gasteiger partial charge is 0.302 e. The molecule has 28 heavy (non-hydrogen) atoms. The van der Waals surface area contributed by atoms with Crippen LogP contribution < -0.4 is 0 Å². The number of Topliss-reactive ketones (excluding diaryl/α,β-unsaturated/α-hetero) is 1. The maximum Gasteiger partial charge on any atom is 0.302 e. The molecule has 5 aliphatic rings. The fourth-order valence-electron chi connectivity index (χ4n) is 8.04. The van der Waals surface area contributed by atoms with Gasteiger partial charge in [0.2, 0.25) is 5.79 Å². The first kappa shape index (κ1) is 20.1. The summed E-state index contributed by atoms with van der Waals surface area (Å²) in [5.41, 5.74) is -0.588. The van der Waals surface area contributed by atoms with E-state index in [4.69, 9.17) is 14.2 Å². The third-order valence-electron chi connectivity index (χ3n) is 8.70. The second-order valence-electron chi connectivity index (χ2n) is 10.4. The van der Waals surface area contributed by atoms with E-state index in [1.165, 1.54) is 6.92 Å². The van der Waals surface area contributed by atoms with Gasteiger partial charge in [-0.15, -0.1) is 0 Å². The van der Waals surface area contributed by atoms with Crippen LogP contribution in [0.15, 0.2) is 12.2 Å². The predicted molar refractivity (Wildman–Crippen MR) is 104 cm³/mol. The van der Waals surface area contributed by atoms with Gasteiger partial charge in [0.15, 0.2) is 5.78 Å². The van der Waals surface area contributed by atoms with Crippen molar-refractivity contribution in [1.82, 2.24) is 0 Å². The van der Waals surface area contributed by atoms with E-state index in [0.29, 0.717) is 6.42 Å². The Morgan fingerprint density at radius 2 is 1.82 bits per heavy atom. The lowest BCUT2D eigenvalue weighted by Crippen LogP contribution is -2.74. The molecule has 0 radical (unpaired) electrons. The molecule has 3 fully saturated rings. The van der Waals surface area contributed by atoms with Crippen molar-refractivity contribution >= 4 is 11.8 Å². The van der Waals surface area contributed by atoms with Crippen molar-refractivity contribution in [2.75, 3.05) is 14.2 Å². The molecule has 0 heterocycles. The third-order valence-corrected chi connectivity index (χ3v) is 8.70. The third kappa shape index (κ3) is 2.26. The van der Waals surface area contributed by atoms with Crippen LogP contribution in [0.25, 0.3) is 0 Å². The average molecular weight is 391 g/mol. The second kappa shape index (κ2) is 6.15. The largest absolute Gasteiger partial charge is 0.462 e. The molecule has 0 aliphatic heterocycles. The summed E-state index contributed by atoms with van der Waals surface area (Å²) in [5, 5.41) is 0. The zero-order valence-electron chi connectivity index (χ0n) is 18.0. The summed E-state index contributed by atoms with van der Waals surface area (Å²) >= 11 is 0. The van der Waals surface area contributed by atoms with Gasteiger partial charge in [-0.3, -0.25) is 9.59 Å². The van der Waals surface area contributed by atoms with Gasteiger partial charge in [0, 0.05) is 33.0 Å². The second-order valence-corrected chi connectivity index (χ2v) is 10.4. The van der Waals surface area contributed by atoms with Gasteiger partial charge in [-0.25, -0.2) is 0 Å². The molecule has 2 bridgehead atoms. The van der Waals surface area contributed by atoms with Crippen molar-refractivity contribution in [1.29, 1.82) is 0 Å². The molecule has 0 amide bonds. The van der Waals surface area contributed by atoms with Crippen molar-refractivity contribution < 1.29 is 23.8 Å². The number of carbonyl (C=O) groups is 2. The van der Waals surface area contributed by atoms with Gasteiger partial charge in [-0.1, -0.05) is 39.3 Å². The van der Waals surface area contributed by atoms with Gasteiger partial charge in [0.1, 0.15) is 6.10 Å². The van der Waals surface area contributed by atoms with Crippen LogP contribution >= 0.6 is 0 Å². The minimum Gasteiger partial charge on any atom is -0.462 e. The molecule has 5 aliphatic carbocycles. The highest BCUT2D eigenvalue weighted by Gasteiger charge is 2.75. The van der Waals surface area contributed by atoms with Crippen LogP contribution in [0.3, 0.4) is 0 Å². The molecule has 5 nitrogen and oxygen atoms in total. The predicted octanol–water partition coefficient (Wildman–Crippen LogP) is 3.90. The highest BCUT2D eigenvalue weighted by atomic mass is 16.7. The van der Waals surface area contributed by atoms with E-state index in [-0.39, 0.29) is 46.4 Å². The van der Waals surface area contributed by atoms with Crippen LogP contribution in [0, 0.1) is 34.0 Å². The Morgan fingerprint density at radius 3 is 2.43 bits per heavy atom. The molecule has 5 rings (SSSR count). The van der Waals surface area contributed by atoms with E-state index in [0.717, 1.165) is 25.7 Å². The Balaban J connectivity index is 1.92. The number of esters is 1. The van der Waals surface area contributed by atoms with Gasteiger partial charge in [0.05, 0.1) is 5.41 Å². The van der Waals surface area contributed by atoms with Gasteiger partial charge >= 0.3 is 5.97 Å². The minimum absolute atomic E-state index is 0.00921. The van der Waals surface area contributed by atoms with E-state index < -0.39 is 11.2 Å². The van der Waals surface area contributed by atoms with Gasteiger partial charge in [0.25, 0.3) is 0 Å². The van der Waals surface area contributed by atoms with Crippen molar-refractivity contribution in [2.45, 2.75) is 71.7 Å².